The first-order chi connectivity index (χ1) is 8.13. The van der Waals surface area contributed by atoms with Gasteiger partial charge in [-0.1, -0.05) is 19.9 Å². The van der Waals surface area contributed by atoms with Crippen LogP contribution in [0.4, 0.5) is 0 Å². The summed E-state index contributed by atoms with van der Waals surface area (Å²) in [6.45, 7) is 7.00. The number of carbonyl (C=O) groups is 1. The molecule has 0 saturated carbocycles. The first-order valence-electron chi connectivity index (χ1n) is 5.96. The third kappa shape index (κ3) is 4.85. The van der Waals surface area contributed by atoms with E-state index in [1.54, 1.807) is 6.20 Å². The normalized spacial score (nSPS) is 10.4. The lowest BCUT2D eigenvalue weighted by molar-refractivity contribution is -0.121. The molecule has 0 aromatic carbocycles. The number of ether oxygens (including phenoxy) is 1. The minimum atomic E-state index is 0.0614. The third-order valence-electron chi connectivity index (χ3n) is 2.20. The predicted molar refractivity (Wildman–Crippen MR) is 66.7 cm³/mol. The van der Waals surface area contributed by atoms with E-state index in [-0.39, 0.29) is 5.91 Å². The summed E-state index contributed by atoms with van der Waals surface area (Å²) in [4.78, 5) is 15.7. The summed E-state index contributed by atoms with van der Waals surface area (Å²) in [5, 5.41) is 2.87. The van der Waals surface area contributed by atoms with Gasteiger partial charge < -0.3 is 10.1 Å². The molecule has 1 aromatic rings. The van der Waals surface area contributed by atoms with E-state index in [1.807, 2.05) is 32.9 Å². The molecule has 4 heteroatoms. The van der Waals surface area contributed by atoms with Gasteiger partial charge in [-0.05, 0) is 18.9 Å². The van der Waals surface area contributed by atoms with Crippen LogP contribution in [0, 0.1) is 5.92 Å². The van der Waals surface area contributed by atoms with Crippen LogP contribution in [0.15, 0.2) is 18.3 Å². The molecule has 1 N–H and O–H groups in total. The highest BCUT2D eigenvalue weighted by atomic mass is 16.5. The molecule has 0 fully saturated rings. The van der Waals surface area contributed by atoms with Gasteiger partial charge in [0, 0.05) is 24.7 Å². The van der Waals surface area contributed by atoms with Crippen LogP contribution in [0.5, 0.6) is 5.88 Å². The van der Waals surface area contributed by atoms with Crippen molar-refractivity contribution in [2.45, 2.75) is 33.7 Å². The molecule has 1 amide bonds. The molecule has 0 unspecified atom stereocenters. The van der Waals surface area contributed by atoms with E-state index in [1.165, 1.54) is 0 Å². The molecule has 94 valence electrons. The highest BCUT2D eigenvalue weighted by Gasteiger charge is 2.07. The number of carbonyl (C=O) groups excluding carboxylic acids is 1. The highest BCUT2D eigenvalue weighted by Crippen LogP contribution is 2.13. The van der Waals surface area contributed by atoms with Crippen LogP contribution in [0.2, 0.25) is 0 Å². The molecule has 0 aliphatic rings. The molecule has 1 heterocycles. The van der Waals surface area contributed by atoms with Crippen LogP contribution in [0.3, 0.4) is 0 Å². The van der Waals surface area contributed by atoms with E-state index in [2.05, 4.69) is 10.3 Å². The van der Waals surface area contributed by atoms with Gasteiger partial charge in [-0.25, -0.2) is 4.98 Å². The fraction of sp³-hybridized carbons (Fsp3) is 0.538. The average molecular weight is 236 g/mol. The van der Waals surface area contributed by atoms with Gasteiger partial charge in [0.25, 0.3) is 0 Å². The number of aromatic nitrogens is 1. The first kappa shape index (κ1) is 13.5. The second-order valence-corrected chi connectivity index (χ2v) is 4.28. The Labute approximate surface area is 102 Å². The summed E-state index contributed by atoms with van der Waals surface area (Å²) in [5.41, 5.74) is 0.909. The van der Waals surface area contributed by atoms with Crippen molar-refractivity contribution in [1.82, 2.24) is 10.3 Å². The van der Waals surface area contributed by atoms with Gasteiger partial charge in [-0.3, -0.25) is 4.79 Å². The summed E-state index contributed by atoms with van der Waals surface area (Å²) >= 11 is 0. The summed E-state index contributed by atoms with van der Waals surface area (Å²) in [7, 11) is 0. The van der Waals surface area contributed by atoms with Gasteiger partial charge in [0.2, 0.25) is 11.8 Å². The summed E-state index contributed by atoms with van der Waals surface area (Å²) in [6, 6.07) is 3.75. The molecule has 1 rings (SSSR count). The Bertz CT molecular complexity index is 364. The molecule has 4 nitrogen and oxygen atoms in total. The van der Waals surface area contributed by atoms with Gasteiger partial charge in [-0.15, -0.1) is 0 Å². The molecule has 17 heavy (non-hydrogen) atoms. The van der Waals surface area contributed by atoms with Crippen molar-refractivity contribution in [3.8, 4) is 5.88 Å². The number of nitrogens with one attached hydrogen (secondary N) is 1. The molecule has 0 atom stereocenters. The zero-order valence-corrected chi connectivity index (χ0v) is 10.7. The van der Waals surface area contributed by atoms with E-state index >= 15 is 0 Å². The van der Waals surface area contributed by atoms with E-state index in [0.717, 1.165) is 5.56 Å². The lowest BCUT2D eigenvalue weighted by Gasteiger charge is -2.10. The number of hydrogen-bond acceptors (Lipinski definition) is 3. The molecule has 0 aliphatic heterocycles. The Morgan fingerprint density at radius 1 is 1.53 bits per heavy atom. The Morgan fingerprint density at radius 3 is 2.94 bits per heavy atom. The monoisotopic (exact) mass is 236 g/mol. The van der Waals surface area contributed by atoms with E-state index in [0.29, 0.717) is 31.4 Å². The van der Waals surface area contributed by atoms with Crippen molar-refractivity contribution in [3.05, 3.63) is 23.9 Å². The number of nitrogens with zero attached hydrogens (tertiary/aromatic N) is 1. The van der Waals surface area contributed by atoms with Crippen molar-refractivity contribution in [3.63, 3.8) is 0 Å². The topological polar surface area (TPSA) is 51.2 Å². The third-order valence-corrected chi connectivity index (χ3v) is 2.20. The van der Waals surface area contributed by atoms with Crippen molar-refractivity contribution < 1.29 is 9.53 Å². The van der Waals surface area contributed by atoms with Crippen LogP contribution < -0.4 is 10.1 Å². The largest absolute Gasteiger partial charge is 0.478 e. The van der Waals surface area contributed by atoms with Crippen LogP contribution in [0.25, 0.3) is 0 Å². The number of pyridine rings is 1. The Morgan fingerprint density at radius 2 is 2.29 bits per heavy atom. The lowest BCUT2D eigenvalue weighted by Crippen LogP contribution is -2.24. The van der Waals surface area contributed by atoms with Crippen LogP contribution >= 0.6 is 0 Å². The summed E-state index contributed by atoms with van der Waals surface area (Å²) < 4.78 is 5.39. The fourth-order valence-corrected chi connectivity index (χ4v) is 1.46. The van der Waals surface area contributed by atoms with Gasteiger partial charge in [0.05, 0.1) is 6.61 Å². The van der Waals surface area contributed by atoms with E-state index < -0.39 is 0 Å². The maximum Gasteiger partial charge on any atom is 0.220 e. The average Bonchev–Trinajstić information content (AvgIpc) is 2.27. The van der Waals surface area contributed by atoms with Crippen LogP contribution in [0.1, 0.15) is 32.8 Å². The number of amides is 1. The lowest BCUT2D eigenvalue weighted by atomic mass is 10.1. The van der Waals surface area contributed by atoms with Gasteiger partial charge in [0.15, 0.2) is 0 Å². The zero-order chi connectivity index (χ0) is 12.7. The molecule has 1 aromatic heterocycles. The molecule has 0 spiro atoms. The van der Waals surface area contributed by atoms with E-state index in [9.17, 15) is 4.79 Å². The second kappa shape index (κ2) is 6.89. The molecular formula is C13H20N2O2. The molecule has 0 bridgehead atoms. The molecule has 0 saturated heterocycles. The van der Waals surface area contributed by atoms with Crippen molar-refractivity contribution in [2.75, 3.05) is 6.61 Å². The molecular weight excluding hydrogens is 216 g/mol. The first-order valence-corrected chi connectivity index (χ1v) is 5.96. The Balaban J connectivity index is 2.53. The van der Waals surface area contributed by atoms with Crippen LogP contribution in [-0.2, 0) is 11.3 Å². The molecule has 0 radical (unpaired) electrons. The standard InChI is InChI=1S/C13H20N2O2/c1-4-17-13-11(6-5-7-14-13)9-15-12(16)8-10(2)3/h5-7,10H,4,8-9H2,1-3H3,(H,15,16). The Kier molecular flexibility index (Phi) is 5.46. The minimum absolute atomic E-state index is 0.0614. The number of hydrogen-bond donors (Lipinski definition) is 1. The van der Waals surface area contributed by atoms with Crippen molar-refractivity contribution >= 4 is 5.91 Å². The number of rotatable bonds is 6. The van der Waals surface area contributed by atoms with Gasteiger partial charge in [0.1, 0.15) is 0 Å². The van der Waals surface area contributed by atoms with Gasteiger partial charge in [-0.2, -0.15) is 0 Å². The zero-order valence-electron chi connectivity index (χ0n) is 10.7. The van der Waals surface area contributed by atoms with Crippen molar-refractivity contribution in [1.29, 1.82) is 0 Å². The SMILES string of the molecule is CCOc1ncccc1CNC(=O)CC(C)C. The van der Waals surface area contributed by atoms with Crippen molar-refractivity contribution in [2.24, 2.45) is 5.92 Å². The van der Waals surface area contributed by atoms with E-state index in [4.69, 9.17) is 4.74 Å². The summed E-state index contributed by atoms with van der Waals surface area (Å²) in [6.07, 6.45) is 2.23. The minimum Gasteiger partial charge on any atom is -0.478 e. The second-order valence-electron chi connectivity index (χ2n) is 4.28. The maximum absolute atomic E-state index is 11.5. The summed E-state index contributed by atoms with van der Waals surface area (Å²) in [5.74, 6) is 1.03. The smallest absolute Gasteiger partial charge is 0.220 e. The van der Waals surface area contributed by atoms with Gasteiger partial charge >= 0.3 is 0 Å². The maximum atomic E-state index is 11.5. The predicted octanol–water partition coefficient (Wildman–Crippen LogP) is 2.14. The molecule has 0 aliphatic carbocycles. The highest BCUT2D eigenvalue weighted by molar-refractivity contribution is 5.76. The van der Waals surface area contributed by atoms with Crippen LogP contribution in [-0.4, -0.2) is 17.5 Å². The fourth-order valence-electron chi connectivity index (χ4n) is 1.46. The quantitative estimate of drug-likeness (QED) is 0.823. The Hall–Kier alpha value is -1.58.